The molecule has 0 bridgehead atoms. The molecule has 2 aromatic rings. The van der Waals surface area contributed by atoms with Crippen LogP contribution in [0, 0.1) is 0 Å². The van der Waals surface area contributed by atoms with Crippen molar-refractivity contribution < 1.29 is 19.1 Å². The monoisotopic (exact) mass is 355 g/mol. The Morgan fingerprint density at radius 3 is 2.81 bits per heavy atom. The van der Waals surface area contributed by atoms with Crippen molar-refractivity contribution in [1.29, 1.82) is 0 Å². The van der Waals surface area contributed by atoms with Crippen molar-refractivity contribution in [3.63, 3.8) is 0 Å². The number of hydrogen-bond acceptors (Lipinski definition) is 4. The molecule has 1 aliphatic heterocycles. The summed E-state index contributed by atoms with van der Waals surface area (Å²) in [6.45, 7) is 0.518. The molecule has 1 aromatic carbocycles. The quantitative estimate of drug-likeness (QED) is 0.819. The third-order valence-electron chi connectivity index (χ3n) is 4.51. The number of aromatic nitrogens is 1. The third kappa shape index (κ3) is 3.77. The van der Waals surface area contributed by atoms with Gasteiger partial charge in [0.2, 0.25) is 5.91 Å². The fraction of sp³-hybridized carbons (Fsp3) is 0.316. The standard InChI is InChI=1S/C19H21N3O4/c1-22-11-15(6-7-17(22)23)21-18(24)13-5-3-4-12(8-13)14-9-16(20-10-14)19(25)26-2/h3-5,8-10,15,20H,6-7,11H2,1-2H3,(H,21,24). The lowest BCUT2D eigenvalue weighted by molar-refractivity contribution is -0.132. The Balaban J connectivity index is 1.72. The molecule has 2 amide bonds. The highest BCUT2D eigenvalue weighted by Gasteiger charge is 2.24. The van der Waals surface area contributed by atoms with E-state index < -0.39 is 5.97 Å². The molecular weight excluding hydrogens is 334 g/mol. The normalized spacial score (nSPS) is 17.1. The van der Waals surface area contributed by atoms with E-state index >= 15 is 0 Å². The maximum absolute atomic E-state index is 12.5. The minimum Gasteiger partial charge on any atom is -0.464 e. The SMILES string of the molecule is COC(=O)c1cc(-c2cccc(C(=O)NC3CCC(=O)N(C)C3)c2)c[nH]1. The summed E-state index contributed by atoms with van der Waals surface area (Å²) in [4.78, 5) is 40.2. The number of H-pyrrole nitrogens is 1. The van der Waals surface area contributed by atoms with Gasteiger partial charge in [-0.3, -0.25) is 9.59 Å². The second-order valence-electron chi connectivity index (χ2n) is 6.36. The molecule has 2 heterocycles. The van der Waals surface area contributed by atoms with Gasteiger partial charge in [-0.15, -0.1) is 0 Å². The van der Waals surface area contributed by atoms with Gasteiger partial charge in [0.25, 0.3) is 5.91 Å². The van der Waals surface area contributed by atoms with E-state index in [-0.39, 0.29) is 17.9 Å². The van der Waals surface area contributed by atoms with E-state index in [0.29, 0.717) is 30.6 Å². The number of piperidine rings is 1. The average Bonchev–Trinajstić information content (AvgIpc) is 3.14. The molecule has 1 unspecified atom stereocenters. The minimum atomic E-state index is -0.443. The molecule has 7 heteroatoms. The van der Waals surface area contributed by atoms with Crippen LogP contribution in [0.2, 0.25) is 0 Å². The predicted molar refractivity (Wildman–Crippen MR) is 95.7 cm³/mol. The molecule has 0 spiro atoms. The Morgan fingerprint density at radius 2 is 2.08 bits per heavy atom. The van der Waals surface area contributed by atoms with Gasteiger partial charge < -0.3 is 19.9 Å². The molecule has 3 rings (SSSR count). The van der Waals surface area contributed by atoms with Crippen LogP contribution in [0.1, 0.15) is 33.7 Å². The minimum absolute atomic E-state index is 0.0490. The molecule has 1 saturated heterocycles. The van der Waals surface area contributed by atoms with E-state index in [1.54, 1.807) is 42.4 Å². The Hall–Kier alpha value is -3.09. The van der Waals surface area contributed by atoms with E-state index in [2.05, 4.69) is 15.0 Å². The lowest BCUT2D eigenvalue weighted by Gasteiger charge is -2.30. The third-order valence-corrected chi connectivity index (χ3v) is 4.51. The number of rotatable bonds is 4. The van der Waals surface area contributed by atoms with E-state index in [0.717, 1.165) is 11.1 Å². The highest BCUT2D eigenvalue weighted by Crippen LogP contribution is 2.22. The highest BCUT2D eigenvalue weighted by atomic mass is 16.5. The highest BCUT2D eigenvalue weighted by molar-refractivity contribution is 5.96. The maximum Gasteiger partial charge on any atom is 0.354 e. The van der Waals surface area contributed by atoms with Crippen molar-refractivity contribution >= 4 is 17.8 Å². The number of carbonyl (C=O) groups is 3. The summed E-state index contributed by atoms with van der Waals surface area (Å²) in [7, 11) is 3.07. The predicted octanol–water partition coefficient (Wildman–Crippen LogP) is 1.82. The summed E-state index contributed by atoms with van der Waals surface area (Å²) in [6, 6.07) is 8.82. The van der Waals surface area contributed by atoms with Gasteiger partial charge in [-0.25, -0.2) is 4.79 Å². The van der Waals surface area contributed by atoms with Gasteiger partial charge in [-0.2, -0.15) is 0 Å². The summed E-state index contributed by atoms with van der Waals surface area (Å²) in [5.41, 5.74) is 2.50. The molecule has 0 radical (unpaired) electrons. The summed E-state index contributed by atoms with van der Waals surface area (Å²) in [6.07, 6.45) is 2.79. The van der Waals surface area contributed by atoms with Gasteiger partial charge in [-0.1, -0.05) is 12.1 Å². The number of esters is 1. The van der Waals surface area contributed by atoms with Crippen molar-refractivity contribution in [1.82, 2.24) is 15.2 Å². The van der Waals surface area contributed by atoms with Crippen LogP contribution in [0.4, 0.5) is 0 Å². The van der Waals surface area contributed by atoms with Gasteiger partial charge in [0.15, 0.2) is 0 Å². The van der Waals surface area contributed by atoms with E-state index in [4.69, 9.17) is 0 Å². The summed E-state index contributed by atoms with van der Waals surface area (Å²) >= 11 is 0. The fourth-order valence-corrected chi connectivity index (χ4v) is 3.03. The van der Waals surface area contributed by atoms with Crippen LogP contribution in [-0.4, -0.2) is 54.4 Å². The molecule has 1 atom stereocenters. The summed E-state index contributed by atoms with van der Waals surface area (Å²) in [5, 5.41) is 2.98. The lowest BCUT2D eigenvalue weighted by Crippen LogP contribution is -2.48. The Kier molecular flexibility index (Phi) is 5.06. The van der Waals surface area contributed by atoms with Gasteiger partial charge in [-0.05, 0) is 30.2 Å². The van der Waals surface area contributed by atoms with Crippen molar-refractivity contribution in [3.05, 3.63) is 47.8 Å². The van der Waals surface area contributed by atoms with Gasteiger partial charge in [0, 0.05) is 43.4 Å². The molecule has 1 fully saturated rings. The van der Waals surface area contributed by atoms with Crippen LogP contribution in [0.3, 0.4) is 0 Å². The number of likely N-dealkylation sites (N-methyl/N-ethyl adjacent to an activating group) is 1. The van der Waals surface area contributed by atoms with Crippen LogP contribution in [0.25, 0.3) is 11.1 Å². The number of ether oxygens (including phenoxy) is 1. The number of methoxy groups -OCH3 is 1. The zero-order valence-electron chi connectivity index (χ0n) is 14.7. The Morgan fingerprint density at radius 1 is 1.27 bits per heavy atom. The number of carbonyl (C=O) groups excluding carboxylic acids is 3. The summed E-state index contributed by atoms with van der Waals surface area (Å²) < 4.78 is 4.69. The van der Waals surface area contributed by atoms with Crippen molar-refractivity contribution in [2.24, 2.45) is 0 Å². The lowest BCUT2D eigenvalue weighted by atomic mass is 10.0. The van der Waals surface area contributed by atoms with Crippen molar-refractivity contribution in [2.45, 2.75) is 18.9 Å². The van der Waals surface area contributed by atoms with E-state index in [1.165, 1.54) is 7.11 Å². The van der Waals surface area contributed by atoms with Crippen molar-refractivity contribution in [2.75, 3.05) is 20.7 Å². The molecule has 7 nitrogen and oxygen atoms in total. The molecule has 26 heavy (non-hydrogen) atoms. The first-order valence-electron chi connectivity index (χ1n) is 8.40. The zero-order chi connectivity index (χ0) is 18.7. The second-order valence-corrected chi connectivity index (χ2v) is 6.36. The average molecular weight is 355 g/mol. The number of amides is 2. The summed E-state index contributed by atoms with van der Waals surface area (Å²) in [5.74, 6) is -0.518. The van der Waals surface area contributed by atoms with E-state index in [9.17, 15) is 14.4 Å². The smallest absolute Gasteiger partial charge is 0.354 e. The second kappa shape index (κ2) is 7.43. The number of aromatic amines is 1. The van der Waals surface area contributed by atoms with Crippen LogP contribution in [0.5, 0.6) is 0 Å². The zero-order valence-corrected chi connectivity index (χ0v) is 14.7. The number of hydrogen-bond donors (Lipinski definition) is 2. The maximum atomic E-state index is 12.5. The van der Waals surface area contributed by atoms with Gasteiger partial charge in [0.1, 0.15) is 5.69 Å². The first-order valence-corrected chi connectivity index (χ1v) is 8.40. The van der Waals surface area contributed by atoms with E-state index in [1.807, 2.05) is 6.07 Å². The van der Waals surface area contributed by atoms with Crippen LogP contribution < -0.4 is 5.32 Å². The molecule has 0 aliphatic carbocycles. The molecule has 136 valence electrons. The Bertz CT molecular complexity index is 843. The van der Waals surface area contributed by atoms with Gasteiger partial charge in [0.05, 0.1) is 7.11 Å². The number of nitrogens with one attached hydrogen (secondary N) is 2. The molecule has 0 saturated carbocycles. The Labute approximate surface area is 151 Å². The molecule has 1 aliphatic rings. The first-order chi connectivity index (χ1) is 12.5. The van der Waals surface area contributed by atoms with Crippen LogP contribution in [0.15, 0.2) is 36.5 Å². The molecular formula is C19H21N3O4. The topological polar surface area (TPSA) is 91.5 Å². The number of nitrogens with zero attached hydrogens (tertiary/aromatic N) is 1. The van der Waals surface area contributed by atoms with Crippen LogP contribution in [-0.2, 0) is 9.53 Å². The molecule has 1 aromatic heterocycles. The number of likely N-dealkylation sites (tertiary alicyclic amines) is 1. The molecule has 2 N–H and O–H groups in total. The fourth-order valence-electron chi connectivity index (χ4n) is 3.03. The number of benzene rings is 1. The van der Waals surface area contributed by atoms with Crippen LogP contribution >= 0.6 is 0 Å². The van der Waals surface area contributed by atoms with Gasteiger partial charge >= 0.3 is 5.97 Å². The largest absolute Gasteiger partial charge is 0.464 e. The first kappa shape index (κ1) is 17.7. The van der Waals surface area contributed by atoms with Crippen molar-refractivity contribution in [3.8, 4) is 11.1 Å².